The molecule has 0 spiro atoms. The van der Waals surface area contributed by atoms with Crippen LogP contribution < -0.4 is 10.7 Å². The fraction of sp³-hybridized carbons (Fsp3) is 0. The molecular formula is C18H14BrFN4O. The number of carbonyl (C=O) groups is 1. The third-order valence-electron chi connectivity index (χ3n) is 3.35. The minimum Gasteiger partial charge on any atom is -0.316 e. The standard InChI is InChI=1S/C18H14BrFN4O/c19-13-3-9-16(10-4-13)24-11-1-2-17(24)12-21-23-18(25)22-15-7-5-14(20)6-8-15/h1-12H,(H2,22,23,25)/b21-12+. The van der Waals surface area contributed by atoms with Crippen molar-refractivity contribution in [1.82, 2.24) is 9.99 Å². The number of nitrogens with one attached hydrogen (secondary N) is 2. The average Bonchev–Trinajstić information content (AvgIpc) is 3.06. The Morgan fingerprint density at radius 3 is 2.52 bits per heavy atom. The fourth-order valence-electron chi connectivity index (χ4n) is 2.19. The molecule has 0 fully saturated rings. The van der Waals surface area contributed by atoms with Gasteiger partial charge in [-0.25, -0.2) is 14.6 Å². The lowest BCUT2D eigenvalue weighted by atomic mass is 10.3. The summed E-state index contributed by atoms with van der Waals surface area (Å²) in [5, 5.41) is 6.50. The summed E-state index contributed by atoms with van der Waals surface area (Å²) in [6.07, 6.45) is 3.45. The molecule has 5 nitrogen and oxygen atoms in total. The van der Waals surface area contributed by atoms with Crippen LogP contribution in [-0.4, -0.2) is 16.8 Å². The SMILES string of the molecule is O=C(N/N=C/c1cccn1-c1ccc(Br)cc1)Nc1ccc(F)cc1. The van der Waals surface area contributed by atoms with E-state index in [2.05, 4.69) is 31.8 Å². The van der Waals surface area contributed by atoms with E-state index in [-0.39, 0.29) is 5.82 Å². The van der Waals surface area contributed by atoms with Gasteiger partial charge in [-0.15, -0.1) is 0 Å². The highest BCUT2D eigenvalue weighted by Crippen LogP contribution is 2.16. The minimum absolute atomic E-state index is 0.363. The summed E-state index contributed by atoms with van der Waals surface area (Å²) < 4.78 is 15.8. The van der Waals surface area contributed by atoms with Crippen molar-refractivity contribution in [2.24, 2.45) is 5.10 Å². The Morgan fingerprint density at radius 2 is 1.80 bits per heavy atom. The molecule has 1 heterocycles. The van der Waals surface area contributed by atoms with E-state index in [9.17, 15) is 9.18 Å². The zero-order valence-corrected chi connectivity index (χ0v) is 14.6. The molecule has 0 aliphatic heterocycles. The molecule has 7 heteroatoms. The van der Waals surface area contributed by atoms with E-state index < -0.39 is 6.03 Å². The molecule has 3 rings (SSSR count). The number of hydrogen-bond acceptors (Lipinski definition) is 2. The monoisotopic (exact) mass is 400 g/mol. The molecule has 0 aliphatic rings. The number of nitrogens with zero attached hydrogens (tertiary/aromatic N) is 2. The Balaban J connectivity index is 1.63. The first-order chi connectivity index (χ1) is 12.1. The van der Waals surface area contributed by atoms with Crippen LogP contribution in [0.25, 0.3) is 5.69 Å². The number of hydrogen-bond donors (Lipinski definition) is 2. The van der Waals surface area contributed by atoms with E-state index in [4.69, 9.17) is 0 Å². The van der Waals surface area contributed by atoms with Gasteiger partial charge in [0.2, 0.25) is 0 Å². The molecule has 2 aromatic carbocycles. The zero-order valence-electron chi connectivity index (χ0n) is 13.0. The maximum absolute atomic E-state index is 12.8. The summed E-state index contributed by atoms with van der Waals surface area (Å²) in [6.45, 7) is 0. The van der Waals surface area contributed by atoms with Gasteiger partial charge in [-0.3, -0.25) is 0 Å². The third-order valence-corrected chi connectivity index (χ3v) is 3.88. The van der Waals surface area contributed by atoms with E-state index in [0.29, 0.717) is 5.69 Å². The van der Waals surface area contributed by atoms with Gasteiger partial charge in [0.15, 0.2) is 0 Å². The normalized spacial score (nSPS) is 10.8. The van der Waals surface area contributed by atoms with Gasteiger partial charge in [0.1, 0.15) is 5.82 Å². The highest BCUT2D eigenvalue weighted by molar-refractivity contribution is 9.10. The van der Waals surface area contributed by atoms with Crippen LogP contribution in [0.5, 0.6) is 0 Å². The lowest BCUT2D eigenvalue weighted by Gasteiger charge is -2.06. The summed E-state index contributed by atoms with van der Waals surface area (Å²) in [4.78, 5) is 11.8. The summed E-state index contributed by atoms with van der Waals surface area (Å²) in [5.74, 6) is -0.363. The molecule has 2 N–H and O–H groups in total. The van der Waals surface area contributed by atoms with Crippen LogP contribution in [0.15, 0.2) is 76.4 Å². The minimum atomic E-state index is -0.510. The molecule has 0 atom stereocenters. The smallest absolute Gasteiger partial charge is 0.316 e. The predicted octanol–water partition coefficient (Wildman–Crippen LogP) is 4.53. The number of aromatic nitrogens is 1. The largest absolute Gasteiger partial charge is 0.339 e. The topological polar surface area (TPSA) is 58.4 Å². The van der Waals surface area contributed by atoms with E-state index >= 15 is 0 Å². The summed E-state index contributed by atoms with van der Waals surface area (Å²) in [6, 6.07) is 16.6. The third kappa shape index (κ3) is 4.54. The molecule has 0 unspecified atom stereocenters. The molecular weight excluding hydrogens is 387 g/mol. The van der Waals surface area contributed by atoms with Gasteiger partial charge in [-0.2, -0.15) is 5.10 Å². The maximum Gasteiger partial charge on any atom is 0.339 e. The Kier molecular flexibility index (Phi) is 5.25. The molecule has 0 aliphatic carbocycles. The highest BCUT2D eigenvalue weighted by Gasteiger charge is 2.02. The number of anilines is 1. The highest BCUT2D eigenvalue weighted by atomic mass is 79.9. The molecule has 0 bridgehead atoms. The molecule has 0 saturated heterocycles. The fourth-order valence-corrected chi connectivity index (χ4v) is 2.45. The number of hydrazone groups is 1. The molecule has 3 aromatic rings. The van der Waals surface area contributed by atoms with Crippen molar-refractivity contribution in [1.29, 1.82) is 0 Å². The number of benzene rings is 2. The number of amides is 2. The van der Waals surface area contributed by atoms with Gasteiger partial charge < -0.3 is 9.88 Å². The first-order valence-electron chi connectivity index (χ1n) is 7.41. The quantitative estimate of drug-likeness (QED) is 0.490. The van der Waals surface area contributed by atoms with Crippen molar-refractivity contribution in [2.75, 3.05) is 5.32 Å². The maximum atomic E-state index is 12.8. The zero-order chi connectivity index (χ0) is 17.6. The van der Waals surface area contributed by atoms with Gasteiger partial charge in [0.05, 0.1) is 11.9 Å². The van der Waals surface area contributed by atoms with Gasteiger partial charge >= 0.3 is 6.03 Å². The van der Waals surface area contributed by atoms with Crippen LogP contribution in [-0.2, 0) is 0 Å². The van der Waals surface area contributed by atoms with Crippen molar-refractivity contribution in [3.63, 3.8) is 0 Å². The van der Waals surface area contributed by atoms with Gasteiger partial charge in [-0.1, -0.05) is 15.9 Å². The Labute approximate surface area is 152 Å². The number of urea groups is 1. The van der Waals surface area contributed by atoms with Gasteiger partial charge in [0.25, 0.3) is 0 Å². The second-order valence-corrected chi connectivity index (χ2v) is 6.03. The summed E-state index contributed by atoms with van der Waals surface area (Å²) in [5.41, 5.74) is 4.64. The second-order valence-electron chi connectivity index (χ2n) is 5.11. The lowest BCUT2D eigenvalue weighted by Crippen LogP contribution is -2.24. The molecule has 0 radical (unpaired) electrons. The molecule has 25 heavy (non-hydrogen) atoms. The number of carbonyl (C=O) groups excluding carboxylic acids is 1. The number of rotatable bonds is 4. The number of halogens is 2. The van der Waals surface area contributed by atoms with Crippen molar-refractivity contribution in [3.8, 4) is 5.69 Å². The first-order valence-corrected chi connectivity index (χ1v) is 8.20. The van der Waals surface area contributed by atoms with E-state index in [1.807, 2.05) is 47.2 Å². The average molecular weight is 401 g/mol. The summed E-state index contributed by atoms with van der Waals surface area (Å²) in [7, 11) is 0. The molecule has 1 aromatic heterocycles. The van der Waals surface area contributed by atoms with Gasteiger partial charge in [-0.05, 0) is 60.7 Å². The second kappa shape index (κ2) is 7.76. The molecule has 0 saturated carbocycles. The van der Waals surface area contributed by atoms with E-state index in [1.54, 1.807) is 6.21 Å². The molecule has 126 valence electrons. The van der Waals surface area contributed by atoms with Crippen molar-refractivity contribution in [3.05, 3.63) is 82.8 Å². The van der Waals surface area contributed by atoms with Crippen LogP contribution in [0.4, 0.5) is 14.9 Å². The van der Waals surface area contributed by atoms with Crippen LogP contribution in [0.2, 0.25) is 0 Å². The van der Waals surface area contributed by atoms with Crippen LogP contribution >= 0.6 is 15.9 Å². The van der Waals surface area contributed by atoms with Crippen LogP contribution in [0.3, 0.4) is 0 Å². The lowest BCUT2D eigenvalue weighted by molar-refractivity contribution is 0.252. The van der Waals surface area contributed by atoms with E-state index in [0.717, 1.165) is 15.9 Å². The van der Waals surface area contributed by atoms with E-state index in [1.165, 1.54) is 24.3 Å². The van der Waals surface area contributed by atoms with Crippen LogP contribution in [0, 0.1) is 5.82 Å². The van der Waals surface area contributed by atoms with Crippen molar-refractivity contribution >= 4 is 33.9 Å². The predicted molar refractivity (Wildman–Crippen MR) is 99.6 cm³/mol. The summed E-state index contributed by atoms with van der Waals surface area (Å²) >= 11 is 3.41. The Morgan fingerprint density at radius 1 is 1.08 bits per heavy atom. The Bertz CT molecular complexity index is 888. The van der Waals surface area contributed by atoms with Gasteiger partial charge in [0, 0.05) is 22.0 Å². The van der Waals surface area contributed by atoms with Crippen molar-refractivity contribution in [2.45, 2.75) is 0 Å². The van der Waals surface area contributed by atoms with Crippen molar-refractivity contribution < 1.29 is 9.18 Å². The molecule has 2 amide bonds. The van der Waals surface area contributed by atoms with Crippen LogP contribution in [0.1, 0.15) is 5.69 Å². The Hall–Kier alpha value is -2.93. The first kappa shape index (κ1) is 16.9.